The van der Waals surface area contributed by atoms with Gasteiger partial charge < -0.3 is 9.64 Å². The fraction of sp³-hybridized carbons (Fsp3) is 0.632. The first-order chi connectivity index (χ1) is 10.4. The van der Waals surface area contributed by atoms with Crippen molar-refractivity contribution >= 4 is 5.91 Å². The van der Waals surface area contributed by atoms with Gasteiger partial charge in [-0.1, -0.05) is 32.9 Å². The van der Waals surface area contributed by atoms with Crippen LogP contribution in [0.3, 0.4) is 0 Å². The molecule has 1 aromatic rings. The molecule has 3 heteroatoms. The van der Waals surface area contributed by atoms with E-state index in [0.717, 1.165) is 31.7 Å². The average Bonchev–Trinajstić information content (AvgIpc) is 2.91. The van der Waals surface area contributed by atoms with Gasteiger partial charge >= 0.3 is 0 Å². The molecule has 0 saturated carbocycles. The third-order valence-electron chi connectivity index (χ3n) is 4.33. The van der Waals surface area contributed by atoms with E-state index in [2.05, 4.69) is 25.7 Å². The lowest BCUT2D eigenvalue weighted by Gasteiger charge is -2.23. The fourth-order valence-electron chi connectivity index (χ4n) is 3.29. The zero-order valence-corrected chi connectivity index (χ0v) is 14.4. The SMILES string of the molecule is COc1ccc(CCC(=O)N2CCC(CC(C)(C)C)C2)cc1. The molecular weight excluding hydrogens is 274 g/mol. The fourth-order valence-corrected chi connectivity index (χ4v) is 3.29. The predicted molar refractivity (Wildman–Crippen MR) is 90.1 cm³/mol. The molecule has 122 valence electrons. The van der Waals surface area contributed by atoms with Crippen molar-refractivity contribution in [2.75, 3.05) is 20.2 Å². The Balaban J connectivity index is 1.78. The standard InChI is InChI=1S/C19H29NO2/c1-19(2,3)13-16-11-12-20(14-16)18(21)10-7-15-5-8-17(22-4)9-6-15/h5-6,8-9,16H,7,10-14H2,1-4H3. The number of hydrogen-bond acceptors (Lipinski definition) is 2. The van der Waals surface area contributed by atoms with E-state index < -0.39 is 0 Å². The molecule has 3 nitrogen and oxygen atoms in total. The Bertz CT molecular complexity index is 487. The third-order valence-corrected chi connectivity index (χ3v) is 4.33. The van der Waals surface area contributed by atoms with Gasteiger partial charge in [-0.2, -0.15) is 0 Å². The van der Waals surface area contributed by atoms with Crippen molar-refractivity contribution in [1.82, 2.24) is 4.90 Å². The number of hydrogen-bond donors (Lipinski definition) is 0. The lowest BCUT2D eigenvalue weighted by atomic mass is 9.84. The Labute approximate surface area is 134 Å². The second-order valence-electron chi connectivity index (χ2n) is 7.61. The number of carbonyl (C=O) groups is 1. The molecule has 0 aliphatic carbocycles. The van der Waals surface area contributed by atoms with Crippen LogP contribution >= 0.6 is 0 Å². The second-order valence-corrected chi connectivity index (χ2v) is 7.61. The number of rotatable bonds is 5. The smallest absolute Gasteiger partial charge is 0.222 e. The maximum absolute atomic E-state index is 12.4. The molecule has 1 saturated heterocycles. The summed E-state index contributed by atoms with van der Waals surface area (Å²) in [6.45, 7) is 8.71. The van der Waals surface area contributed by atoms with E-state index in [1.54, 1.807) is 7.11 Å². The van der Waals surface area contributed by atoms with Crippen LogP contribution in [0, 0.1) is 11.3 Å². The first kappa shape index (κ1) is 16.9. The molecule has 1 fully saturated rings. The van der Waals surface area contributed by atoms with Crippen LogP contribution in [0.15, 0.2) is 24.3 Å². The number of likely N-dealkylation sites (tertiary alicyclic amines) is 1. The van der Waals surface area contributed by atoms with Gasteiger partial charge in [0.2, 0.25) is 5.91 Å². The Kier molecular flexibility index (Phi) is 5.49. The van der Waals surface area contributed by atoms with Crippen molar-refractivity contribution < 1.29 is 9.53 Å². The Hall–Kier alpha value is -1.51. The van der Waals surface area contributed by atoms with Crippen LogP contribution in [0.4, 0.5) is 0 Å². The molecule has 1 heterocycles. The van der Waals surface area contributed by atoms with E-state index in [4.69, 9.17) is 4.74 Å². The van der Waals surface area contributed by atoms with E-state index in [-0.39, 0.29) is 0 Å². The van der Waals surface area contributed by atoms with Gasteiger partial charge in [0.1, 0.15) is 5.75 Å². The number of carbonyl (C=O) groups excluding carboxylic acids is 1. The largest absolute Gasteiger partial charge is 0.497 e. The van der Waals surface area contributed by atoms with Crippen molar-refractivity contribution in [3.8, 4) is 5.75 Å². The average molecular weight is 303 g/mol. The van der Waals surface area contributed by atoms with Crippen LogP contribution in [0.5, 0.6) is 5.75 Å². The molecule has 0 radical (unpaired) electrons. The van der Waals surface area contributed by atoms with Crippen LogP contribution in [0.25, 0.3) is 0 Å². The number of aryl methyl sites for hydroxylation is 1. The van der Waals surface area contributed by atoms with E-state index in [0.29, 0.717) is 23.7 Å². The molecule has 0 spiro atoms. The summed E-state index contributed by atoms with van der Waals surface area (Å²) < 4.78 is 5.15. The molecule has 22 heavy (non-hydrogen) atoms. The van der Waals surface area contributed by atoms with Gasteiger partial charge in [-0.25, -0.2) is 0 Å². The molecular formula is C19H29NO2. The highest BCUT2D eigenvalue weighted by atomic mass is 16.5. The number of methoxy groups -OCH3 is 1. The third kappa shape index (κ3) is 5.04. The number of benzene rings is 1. The number of nitrogens with zero attached hydrogens (tertiary/aromatic N) is 1. The van der Waals surface area contributed by atoms with Gasteiger partial charge in [0.15, 0.2) is 0 Å². The highest BCUT2D eigenvalue weighted by Crippen LogP contribution is 2.30. The van der Waals surface area contributed by atoms with Crippen LogP contribution < -0.4 is 4.74 Å². The summed E-state index contributed by atoms with van der Waals surface area (Å²) in [5.41, 5.74) is 1.55. The highest BCUT2D eigenvalue weighted by Gasteiger charge is 2.28. The van der Waals surface area contributed by atoms with Crippen molar-refractivity contribution in [2.24, 2.45) is 11.3 Å². The summed E-state index contributed by atoms with van der Waals surface area (Å²) in [5, 5.41) is 0. The molecule has 1 aliphatic rings. The summed E-state index contributed by atoms with van der Waals surface area (Å²) >= 11 is 0. The van der Waals surface area contributed by atoms with E-state index in [1.165, 1.54) is 12.0 Å². The molecule has 1 amide bonds. The lowest BCUT2D eigenvalue weighted by Crippen LogP contribution is -2.29. The first-order valence-corrected chi connectivity index (χ1v) is 8.28. The Morgan fingerprint density at radius 3 is 2.55 bits per heavy atom. The van der Waals surface area contributed by atoms with E-state index in [1.807, 2.05) is 24.3 Å². The van der Waals surface area contributed by atoms with E-state index >= 15 is 0 Å². The molecule has 1 aromatic carbocycles. The van der Waals surface area contributed by atoms with Crippen LogP contribution in [0.2, 0.25) is 0 Å². The molecule has 0 bridgehead atoms. The zero-order valence-electron chi connectivity index (χ0n) is 14.4. The maximum atomic E-state index is 12.4. The van der Waals surface area contributed by atoms with Gasteiger partial charge in [-0.05, 0) is 48.3 Å². The minimum Gasteiger partial charge on any atom is -0.497 e. The quantitative estimate of drug-likeness (QED) is 0.825. The molecule has 0 N–H and O–H groups in total. The summed E-state index contributed by atoms with van der Waals surface area (Å²) in [4.78, 5) is 14.4. The Morgan fingerprint density at radius 2 is 1.95 bits per heavy atom. The van der Waals surface area contributed by atoms with Crippen molar-refractivity contribution in [3.05, 3.63) is 29.8 Å². The van der Waals surface area contributed by atoms with Crippen LogP contribution in [-0.2, 0) is 11.2 Å². The maximum Gasteiger partial charge on any atom is 0.222 e. The predicted octanol–water partition coefficient (Wildman–Crippen LogP) is 3.91. The summed E-state index contributed by atoms with van der Waals surface area (Å²) in [5.74, 6) is 1.83. The molecule has 1 atom stereocenters. The van der Waals surface area contributed by atoms with Crippen LogP contribution in [0.1, 0.15) is 45.6 Å². The minimum atomic E-state index is 0.298. The van der Waals surface area contributed by atoms with Gasteiger partial charge in [-0.15, -0.1) is 0 Å². The van der Waals surface area contributed by atoms with Gasteiger partial charge in [-0.3, -0.25) is 4.79 Å². The normalized spacial score (nSPS) is 18.5. The lowest BCUT2D eigenvalue weighted by molar-refractivity contribution is -0.130. The molecule has 1 unspecified atom stereocenters. The van der Waals surface area contributed by atoms with Crippen LogP contribution in [-0.4, -0.2) is 31.0 Å². The summed E-state index contributed by atoms with van der Waals surface area (Å²) in [7, 11) is 1.67. The molecule has 2 rings (SSSR count). The molecule has 0 aromatic heterocycles. The topological polar surface area (TPSA) is 29.5 Å². The first-order valence-electron chi connectivity index (χ1n) is 8.28. The van der Waals surface area contributed by atoms with Gasteiger partial charge in [0.25, 0.3) is 0 Å². The van der Waals surface area contributed by atoms with Crippen molar-refractivity contribution in [1.29, 1.82) is 0 Å². The second kappa shape index (κ2) is 7.17. The Morgan fingerprint density at radius 1 is 1.27 bits per heavy atom. The number of amides is 1. The number of ether oxygens (including phenoxy) is 1. The minimum absolute atomic E-state index is 0.298. The monoisotopic (exact) mass is 303 g/mol. The summed E-state index contributed by atoms with van der Waals surface area (Å²) in [6, 6.07) is 7.99. The highest BCUT2D eigenvalue weighted by molar-refractivity contribution is 5.76. The van der Waals surface area contributed by atoms with Gasteiger partial charge in [0, 0.05) is 19.5 Å². The van der Waals surface area contributed by atoms with Crippen molar-refractivity contribution in [2.45, 2.75) is 46.5 Å². The van der Waals surface area contributed by atoms with Gasteiger partial charge in [0.05, 0.1) is 7.11 Å². The summed E-state index contributed by atoms with van der Waals surface area (Å²) in [6.07, 6.45) is 3.78. The van der Waals surface area contributed by atoms with E-state index in [9.17, 15) is 4.79 Å². The molecule has 1 aliphatic heterocycles. The zero-order chi connectivity index (χ0) is 16.2. The van der Waals surface area contributed by atoms with Crippen molar-refractivity contribution in [3.63, 3.8) is 0 Å².